The minimum Gasteiger partial charge on any atom is -0.404 e. The largest absolute Gasteiger partial charge is 0.419 e. The summed E-state index contributed by atoms with van der Waals surface area (Å²) in [4.78, 5) is 6.87. The Morgan fingerprint density at radius 3 is 2.15 bits per heavy atom. The van der Waals surface area contributed by atoms with Gasteiger partial charge >= 0.3 is 6.18 Å². The van der Waals surface area contributed by atoms with Gasteiger partial charge < -0.3 is 5.73 Å². The summed E-state index contributed by atoms with van der Waals surface area (Å²) in [6.45, 7) is 0. The molecule has 0 atom stereocenters. The summed E-state index contributed by atoms with van der Waals surface area (Å²) in [7, 11) is 0. The third-order valence-electron chi connectivity index (χ3n) is 1.24. The molecule has 6 heteroatoms. The van der Waals surface area contributed by atoms with Gasteiger partial charge in [0, 0.05) is 12.4 Å². The quantitative estimate of drug-likeness (QED) is 0.726. The van der Waals surface area contributed by atoms with E-state index < -0.39 is 11.7 Å². The highest BCUT2D eigenvalue weighted by Crippen LogP contribution is 2.27. The minimum absolute atomic E-state index is 0.149. The van der Waals surface area contributed by atoms with E-state index in [-0.39, 0.29) is 5.82 Å². The van der Waals surface area contributed by atoms with E-state index in [1.54, 1.807) is 0 Å². The molecule has 3 nitrogen and oxygen atoms in total. The molecule has 0 radical (unpaired) electrons. The van der Waals surface area contributed by atoms with Gasteiger partial charge in [0.25, 0.3) is 0 Å². The van der Waals surface area contributed by atoms with Crippen molar-refractivity contribution in [2.24, 2.45) is 5.73 Å². The Bertz CT molecular complexity index is 302. The molecule has 1 aromatic heterocycles. The number of hydrogen-bond donors (Lipinski definition) is 1. The Labute approximate surface area is 72.1 Å². The van der Waals surface area contributed by atoms with Gasteiger partial charge in [-0.1, -0.05) is 0 Å². The predicted octanol–water partition coefficient (Wildman–Crippen LogP) is 1.42. The van der Waals surface area contributed by atoms with Crippen molar-refractivity contribution in [3.05, 3.63) is 30.0 Å². The maximum Gasteiger partial charge on any atom is 0.419 e. The van der Waals surface area contributed by atoms with Crippen LogP contribution in [-0.4, -0.2) is 9.97 Å². The molecule has 1 rings (SSSR count). The van der Waals surface area contributed by atoms with Crippen LogP contribution in [0.15, 0.2) is 18.6 Å². The monoisotopic (exact) mass is 189 g/mol. The molecule has 1 aromatic rings. The SMILES string of the molecule is NC=Cc1ncc(C(F)(F)F)cn1. The predicted molar refractivity (Wildman–Crippen MR) is 40.3 cm³/mol. The second-order valence-electron chi connectivity index (χ2n) is 2.19. The van der Waals surface area contributed by atoms with E-state index in [9.17, 15) is 13.2 Å². The lowest BCUT2D eigenvalue weighted by molar-refractivity contribution is -0.138. The molecule has 0 aromatic carbocycles. The van der Waals surface area contributed by atoms with Crippen LogP contribution in [-0.2, 0) is 6.18 Å². The number of nitrogens with two attached hydrogens (primary N) is 1. The Morgan fingerprint density at radius 1 is 1.23 bits per heavy atom. The van der Waals surface area contributed by atoms with Crippen LogP contribution in [0, 0.1) is 0 Å². The summed E-state index contributed by atoms with van der Waals surface area (Å²) < 4.78 is 35.9. The molecular formula is C7H6F3N3. The van der Waals surface area contributed by atoms with Crippen molar-refractivity contribution in [3.63, 3.8) is 0 Å². The minimum atomic E-state index is -4.40. The molecule has 13 heavy (non-hydrogen) atoms. The maximum atomic E-state index is 12.0. The van der Waals surface area contributed by atoms with Gasteiger partial charge in [0.2, 0.25) is 0 Å². The fourth-order valence-electron chi connectivity index (χ4n) is 0.657. The van der Waals surface area contributed by atoms with Crippen molar-refractivity contribution in [2.45, 2.75) is 6.18 Å². The smallest absolute Gasteiger partial charge is 0.404 e. The van der Waals surface area contributed by atoms with Crippen LogP contribution in [0.2, 0.25) is 0 Å². The summed E-state index contributed by atoms with van der Waals surface area (Å²) in [5.74, 6) is 0.149. The summed E-state index contributed by atoms with van der Waals surface area (Å²) in [6.07, 6.45) is -0.516. The highest BCUT2D eigenvalue weighted by molar-refractivity contribution is 5.38. The van der Waals surface area contributed by atoms with E-state index in [1.165, 1.54) is 6.08 Å². The van der Waals surface area contributed by atoms with E-state index in [4.69, 9.17) is 5.73 Å². The van der Waals surface area contributed by atoms with E-state index in [0.29, 0.717) is 12.4 Å². The zero-order valence-electron chi connectivity index (χ0n) is 6.42. The topological polar surface area (TPSA) is 51.8 Å². The zero-order chi connectivity index (χ0) is 9.90. The Hall–Kier alpha value is -1.59. The van der Waals surface area contributed by atoms with Crippen LogP contribution in [0.5, 0.6) is 0 Å². The number of halogens is 3. The average molecular weight is 189 g/mol. The number of hydrogen-bond acceptors (Lipinski definition) is 3. The maximum absolute atomic E-state index is 12.0. The summed E-state index contributed by atoms with van der Waals surface area (Å²) >= 11 is 0. The second kappa shape index (κ2) is 3.42. The molecule has 0 bridgehead atoms. The van der Waals surface area contributed by atoms with Crippen molar-refractivity contribution in [2.75, 3.05) is 0 Å². The number of aromatic nitrogens is 2. The van der Waals surface area contributed by atoms with E-state index in [1.807, 2.05) is 0 Å². The Balaban J connectivity index is 2.94. The lowest BCUT2D eigenvalue weighted by atomic mass is 10.3. The molecule has 0 aliphatic rings. The third-order valence-corrected chi connectivity index (χ3v) is 1.24. The molecule has 0 aliphatic heterocycles. The highest BCUT2D eigenvalue weighted by atomic mass is 19.4. The van der Waals surface area contributed by atoms with Gasteiger partial charge in [-0.3, -0.25) is 0 Å². The Kier molecular flexibility index (Phi) is 2.50. The first-order valence-electron chi connectivity index (χ1n) is 3.31. The zero-order valence-corrected chi connectivity index (χ0v) is 6.42. The van der Waals surface area contributed by atoms with Crippen molar-refractivity contribution in [1.29, 1.82) is 0 Å². The molecule has 0 unspecified atom stereocenters. The van der Waals surface area contributed by atoms with Gasteiger partial charge in [0.1, 0.15) is 0 Å². The molecule has 0 spiro atoms. The second-order valence-corrected chi connectivity index (χ2v) is 2.19. The van der Waals surface area contributed by atoms with Crippen LogP contribution in [0.3, 0.4) is 0 Å². The van der Waals surface area contributed by atoms with E-state index >= 15 is 0 Å². The first-order chi connectivity index (χ1) is 6.04. The molecular weight excluding hydrogens is 183 g/mol. The average Bonchev–Trinajstić information content (AvgIpc) is 2.04. The molecule has 2 N–H and O–H groups in total. The number of rotatable bonds is 1. The van der Waals surface area contributed by atoms with Crippen LogP contribution < -0.4 is 5.73 Å². The van der Waals surface area contributed by atoms with Gasteiger partial charge in [-0.25, -0.2) is 9.97 Å². The highest BCUT2D eigenvalue weighted by Gasteiger charge is 2.31. The molecule has 0 fully saturated rings. The van der Waals surface area contributed by atoms with Crippen LogP contribution in [0.4, 0.5) is 13.2 Å². The lowest BCUT2D eigenvalue weighted by Gasteiger charge is -2.04. The molecule has 0 amide bonds. The fourth-order valence-corrected chi connectivity index (χ4v) is 0.657. The first-order valence-corrected chi connectivity index (χ1v) is 3.31. The molecule has 0 saturated carbocycles. The number of nitrogens with zero attached hydrogens (tertiary/aromatic N) is 2. The summed E-state index contributed by atoms with van der Waals surface area (Å²) in [5.41, 5.74) is 4.13. The van der Waals surface area contributed by atoms with Crippen molar-refractivity contribution < 1.29 is 13.2 Å². The van der Waals surface area contributed by atoms with Crippen LogP contribution >= 0.6 is 0 Å². The lowest BCUT2D eigenvalue weighted by Crippen LogP contribution is -2.06. The van der Waals surface area contributed by atoms with E-state index in [2.05, 4.69) is 9.97 Å². The van der Waals surface area contributed by atoms with E-state index in [0.717, 1.165) is 6.20 Å². The van der Waals surface area contributed by atoms with Crippen molar-refractivity contribution in [1.82, 2.24) is 9.97 Å². The molecule has 1 heterocycles. The Morgan fingerprint density at radius 2 is 1.77 bits per heavy atom. The van der Waals surface area contributed by atoms with Crippen molar-refractivity contribution in [3.8, 4) is 0 Å². The van der Waals surface area contributed by atoms with Gasteiger partial charge in [0.15, 0.2) is 5.82 Å². The van der Waals surface area contributed by atoms with Gasteiger partial charge in [-0.2, -0.15) is 13.2 Å². The summed E-state index contributed by atoms with van der Waals surface area (Å²) in [5, 5.41) is 0. The summed E-state index contributed by atoms with van der Waals surface area (Å²) in [6, 6.07) is 0. The number of alkyl halides is 3. The molecule has 0 aliphatic carbocycles. The molecule has 0 saturated heterocycles. The van der Waals surface area contributed by atoms with Crippen LogP contribution in [0.25, 0.3) is 6.08 Å². The van der Waals surface area contributed by atoms with Gasteiger partial charge in [0.05, 0.1) is 5.56 Å². The normalized spacial score (nSPS) is 12.2. The first kappa shape index (κ1) is 9.50. The third kappa shape index (κ3) is 2.43. The van der Waals surface area contributed by atoms with Gasteiger partial charge in [-0.05, 0) is 12.3 Å². The van der Waals surface area contributed by atoms with Gasteiger partial charge in [-0.15, -0.1) is 0 Å². The van der Waals surface area contributed by atoms with Crippen molar-refractivity contribution >= 4 is 6.08 Å². The fraction of sp³-hybridized carbons (Fsp3) is 0.143. The standard InChI is InChI=1S/C7H6F3N3/c8-7(9,10)5-3-12-6(1-2-11)13-4-5/h1-4H,11H2. The van der Waals surface area contributed by atoms with Crippen LogP contribution in [0.1, 0.15) is 11.4 Å². The molecule has 70 valence electrons.